The smallest absolute Gasteiger partial charge is 0.0413 e. The zero-order chi connectivity index (χ0) is 11.2. The molecule has 17 heavy (non-hydrogen) atoms. The second-order valence-electron chi connectivity index (χ2n) is 5.37. The largest absolute Gasteiger partial charge is 0.114 e. The second-order valence-corrected chi connectivity index (χ2v) is 8.07. The van der Waals surface area contributed by atoms with Crippen molar-refractivity contribution < 1.29 is 0 Å². The summed E-state index contributed by atoms with van der Waals surface area (Å²) in [4.78, 5) is 0. The van der Waals surface area contributed by atoms with E-state index in [1.807, 2.05) is 0 Å². The van der Waals surface area contributed by atoms with Gasteiger partial charge >= 0.3 is 0 Å². The van der Waals surface area contributed by atoms with Crippen molar-refractivity contribution in [3.63, 3.8) is 0 Å². The fourth-order valence-electron chi connectivity index (χ4n) is 3.56. The first-order valence-corrected chi connectivity index (χ1v) is 8.26. The Labute approximate surface area is 111 Å². The van der Waals surface area contributed by atoms with E-state index >= 15 is 0 Å². The van der Waals surface area contributed by atoms with Crippen LogP contribution in [-0.4, -0.2) is 10.5 Å². The van der Waals surface area contributed by atoms with Crippen molar-refractivity contribution in [1.29, 1.82) is 0 Å². The van der Waals surface area contributed by atoms with Crippen LogP contribution in [0.3, 0.4) is 0 Å². The van der Waals surface area contributed by atoms with Gasteiger partial charge in [-0.25, -0.2) is 0 Å². The molecule has 4 rings (SSSR count). The number of rotatable bonds is 1. The van der Waals surface area contributed by atoms with Crippen LogP contribution in [0.15, 0.2) is 34.6 Å². The molecule has 1 heterocycles. The SMILES string of the molecule is C(=C1SC2C3CCC(C3)C2S1)c1ccccc1. The van der Waals surface area contributed by atoms with E-state index in [1.165, 1.54) is 24.8 Å². The van der Waals surface area contributed by atoms with Crippen LogP contribution >= 0.6 is 23.5 Å². The van der Waals surface area contributed by atoms with Crippen molar-refractivity contribution in [1.82, 2.24) is 0 Å². The van der Waals surface area contributed by atoms with Gasteiger partial charge in [-0.05, 0) is 42.7 Å². The van der Waals surface area contributed by atoms with Gasteiger partial charge in [0.25, 0.3) is 0 Å². The van der Waals surface area contributed by atoms with Gasteiger partial charge in [-0.2, -0.15) is 0 Å². The number of hydrogen-bond donors (Lipinski definition) is 0. The first kappa shape index (κ1) is 10.6. The van der Waals surface area contributed by atoms with E-state index in [0.29, 0.717) is 0 Å². The molecule has 0 amide bonds. The third-order valence-electron chi connectivity index (χ3n) is 4.36. The van der Waals surface area contributed by atoms with Gasteiger partial charge in [-0.15, -0.1) is 23.5 Å². The molecule has 0 radical (unpaired) electrons. The van der Waals surface area contributed by atoms with Gasteiger partial charge < -0.3 is 0 Å². The molecule has 1 aromatic carbocycles. The van der Waals surface area contributed by atoms with E-state index in [2.05, 4.69) is 59.9 Å². The number of benzene rings is 1. The molecule has 4 atom stereocenters. The van der Waals surface area contributed by atoms with E-state index in [-0.39, 0.29) is 0 Å². The van der Waals surface area contributed by atoms with Crippen molar-refractivity contribution >= 4 is 29.6 Å². The van der Waals surface area contributed by atoms with Crippen LogP contribution in [0, 0.1) is 11.8 Å². The van der Waals surface area contributed by atoms with Gasteiger partial charge in [0, 0.05) is 14.7 Å². The van der Waals surface area contributed by atoms with Crippen LogP contribution in [0.4, 0.5) is 0 Å². The van der Waals surface area contributed by atoms with Gasteiger partial charge in [-0.1, -0.05) is 30.3 Å². The Morgan fingerprint density at radius 2 is 1.59 bits per heavy atom. The summed E-state index contributed by atoms with van der Waals surface area (Å²) >= 11 is 4.33. The molecule has 3 fully saturated rings. The lowest BCUT2D eigenvalue weighted by atomic mass is 10.00. The molecule has 1 saturated heterocycles. The van der Waals surface area contributed by atoms with Crippen LogP contribution in [0.5, 0.6) is 0 Å². The predicted molar refractivity (Wildman–Crippen MR) is 78.0 cm³/mol. The highest BCUT2D eigenvalue weighted by atomic mass is 32.2. The molecule has 2 aliphatic carbocycles. The lowest BCUT2D eigenvalue weighted by Crippen LogP contribution is -2.22. The molecule has 2 heteroatoms. The van der Waals surface area contributed by atoms with Crippen LogP contribution in [-0.2, 0) is 0 Å². The molecule has 1 aliphatic heterocycles. The van der Waals surface area contributed by atoms with Crippen LogP contribution in [0.25, 0.3) is 6.08 Å². The molecule has 2 saturated carbocycles. The lowest BCUT2D eigenvalue weighted by Gasteiger charge is -2.21. The number of fused-ring (bicyclic) bond motifs is 5. The Balaban J connectivity index is 1.57. The molecular weight excluding hydrogens is 244 g/mol. The van der Waals surface area contributed by atoms with E-state index < -0.39 is 0 Å². The maximum atomic E-state index is 2.38. The molecule has 4 unspecified atom stereocenters. The second kappa shape index (κ2) is 4.10. The van der Waals surface area contributed by atoms with Crippen LogP contribution in [0.1, 0.15) is 24.8 Å². The maximum Gasteiger partial charge on any atom is 0.0413 e. The van der Waals surface area contributed by atoms with Gasteiger partial charge in [-0.3, -0.25) is 0 Å². The summed E-state index contributed by atoms with van der Waals surface area (Å²) < 4.78 is 1.56. The minimum absolute atomic E-state index is 0.939. The van der Waals surface area contributed by atoms with E-state index in [0.717, 1.165) is 22.3 Å². The Kier molecular flexibility index (Phi) is 2.55. The topological polar surface area (TPSA) is 0 Å². The summed E-state index contributed by atoms with van der Waals surface area (Å²) in [7, 11) is 0. The lowest BCUT2D eigenvalue weighted by molar-refractivity contribution is 0.508. The van der Waals surface area contributed by atoms with Crippen molar-refractivity contribution in [2.75, 3.05) is 0 Å². The molecule has 3 aliphatic rings. The highest BCUT2D eigenvalue weighted by Crippen LogP contribution is 2.63. The standard InChI is InChI=1S/C15H16S2/c1-2-4-10(5-3-1)8-13-16-14-11-6-7-12(9-11)15(14)17-13/h1-5,8,11-12,14-15H,6-7,9H2. The van der Waals surface area contributed by atoms with Crippen molar-refractivity contribution in [3.05, 3.63) is 40.1 Å². The first-order chi connectivity index (χ1) is 8.40. The Morgan fingerprint density at radius 3 is 2.24 bits per heavy atom. The number of thioether (sulfide) groups is 2. The highest BCUT2D eigenvalue weighted by Gasteiger charge is 2.51. The van der Waals surface area contributed by atoms with E-state index in [9.17, 15) is 0 Å². The molecule has 0 spiro atoms. The zero-order valence-corrected chi connectivity index (χ0v) is 11.3. The van der Waals surface area contributed by atoms with Gasteiger partial charge in [0.2, 0.25) is 0 Å². The third kappa shape index (κ3) is 1.77. The fourth-order valence-corrected chi connectivity index (χ4v) is 7.32. The van der Waals surface area contributed by atoms with Gasteiger partial charge in [0.1, 0.15) is 0 Å². The fraction of sp³-hybridized carbons (Fsp3) is 0.467. The van der Waals surface area contributed by atoms with Gasteiger partial charge in [0.05, 0.1) is 0 Å². The van der Waals surface area contributed by atoms with E-state index in [1.54, 1.807) is 4.24 Å². The molecule has 0 aromatic heterocycles. The average molecular weight is 260 g/mol. The monoisotopic (exact) mass is 260 g/mol. The molecule has 1 aromatic rings. The highest BCUT2D eigenvalue weighted by molar-refractivity contribution is 8.26. The third-order valence-corrected chi connectivity index (χ3v) is 7.71. The van der Waals surface area contributed by atoms with Gasteiger partial charge in [0.15, 0.2) is 0 Å². The van der Waals surface area contributed by atoms with Crippen molar-refractivity contribution in [3.8, 4) is 0 Å². The summed E-state index contributed by atoms with van der Waals surface area (Å²) in [6, 6.07) is 10.8. The molecule has 0 nitrogen and oxygen atoms in total. The molecule has 2 bridgehead atoms. The zero-order valence-electron chi connectivity index (χ0n) is 9.71. The van der Waals surface area contributed by atoms with Crippen molar-refractivity contribution in [2.24, 2.45) is 11.8 Å². The molecular formula is C15H16S2. The summed E-state index contributed by atoms with van der Waals surface area (Å²) in [5.41, 5.74) is 1.36. The van der Waals surface area contributed by atoms with E-state index in [4.69, 9.17) is 0 Å². The van der Waals surface area contributed by atoms with Crippen LogP contribution < -0.4 is 0 Å². The quantitative estimate of drug-likeness (QED) is 0.722. The first-order valence-electron chi connectivity index (χ1n) is 6.50. The minimum Gasteiger partial charge on any atom is -0.114 e. The number of hydrogen-bond acceptors (Lipinski definition) is 2. The normalized spacial score (nSPS) is 38.5. The summed E-state index contributed by atoms with van der Waals surface area (Å²) in [5, 5.41) is 1.88. The minimum atomic E-state index is 0.939. The Hall–Kier alpha value is -0.340. The van der Waals surface area contributed by atoms with Crippen molar-refractivity contribution in [2.45, 2.75) is 29.8 Å². The molecule has 0 N–H and O–H groups in total. The summed E-state index contributed by atoms with van der Waals surface area (Å²) in [6.07, 6.45) is 6.90. The Bertz CT molecular complexity index is 431. The predicted octanol–water partition coefficient (Wildman–Crippen LogP) is 4.63. The average Bonchev–Trinajstić information content (AvgIpc) is 3.00. The summed E-state index contributed by atoms with van der Waals surface area (Å²) in [6.45, 7) is 0. The van der Waals surface area contributed by atoms with Crippen LogP contribution in [0.2, 0.25) is 0 Å². The summed E-state index contributed by atoms with van der Waals surface area (Å²) in [5.74, 6) is 2.06. The molecule has 88 valence electrons. The maximum absolute atomic E-state index is 2.38. The Morgan fingerprint density at radius 1 is 0.941 bits per heavy atom.